The van der Waals surface area contributed by atoms with Crippen LogP contribution in [0.5, 0.6) is 0 Å². The molecule has 0 unspecified atom stereocenters. The minimum absolute atomic E-state index is 0.138. The Hall–Kier alpha value is -1.84. The first kappa shape index (κ1) is 11.2. The number of hydrogen-bond acceptors (Lipinski definition) is 3. The van der Waals surface area contributed by atoms with Crippen LogP contribution in [0.25, 0.3) is 6.08 Å². The average molecular weight is 206 g/mol. The van der Waals surface area contributed by atoms with Gasteiger partial charge in [0.15, 0.2) is 0 Å². The molecule has 0 bridgehead atoms. The summed E-state index contributed by atoms with van der Waals surface area (Å²) in [4.78, 5) is 12.2. The van der Waals surface area contributed by atoms with Crippen LogP contribution in [0, 0.1) is 17.0 Å². The van der Waals surface area contributed by atoms with Crippen LogP contribution in [0.4, 0.5) is 5.69 Å². The van der Waals surface area contributed by atoms with E-state index >= 15 is 0 Å². The number of hydrogen-bond donors (Lipinski definition) is 0. The molecule has 0 aliphatic heterocycles. The molecule has 0 aliphatic rings. The van der Waals surface area contributed by atoms with Gasteiger partial charge in [0.2, 0.25) is 0 Å². The Labute approximate surface area is 89.0 Å². The van der Waals surface area contributed by atoms with E-state index < -0.39 is 0 Å². The van der Waals surface area contributed by atoms with E-state index in [9.17, 15) is 10.1 Å². The molecule has 0 aromatic heterocycles. The van der Waals surface area contributed by atoms with E-state index in [0.717, 1.165) is 5.56 Å². The normalized spacial score (nSPS) is 10.6. The van der Waals surface area contributed by atoms with E-state index in [1.165, 1.54) is 6.07 Å². The number of aryl methyl sites for hydroxylation is 1. The summed E-state index contributed by atoms with van der Waals surface area (Å²) in [6.45, 7) is 1.91. The quantitative estimate of drug-likeness (QED) is 0.563. The number of benzene rings is 1. The van der Waals surface area contributed by atoms with Gasteiger partial charge in [-0.15, -0.1) is 0 Å². The number of rotatable bonds is 3. The van der Waals surface area contributed by atoms with Crippen molar-refractivity contribution in [3.05, 3.63) is 45.6 Å². The maximum Gasteiger partial charge on any atom is 0.276 e. The van der Waals surface area contributed by atoms with Gasteiger partial charge >= 0.3 is 0 Å². The van der Waals surface area contributed by atoms with E-state index in [4.69, 9.17) is 0 Å². The summed E-state index contributed by atoms with van der Waals surface area (Å²) in [5.74, 6) is 0. The lowest BCUT2D eigenvalue weighted by molar-refractivity contribution is -0.385. The van der Waals surface area contributed by atoms with Gasteiger partial charge in [-0.2, -0.15) is 0 Å². The zero-order valence-corrected chi connectivity index (χ0v) is 9.10. The van der Waals surface area contributed by atoms with E-state index in [-0.39, 0.29) is 10.6 Å². The minimum Gasteiger partial charge on any atom is -0.383 e. The summed E-state index contributed by atoms with van der Waals surface area (Å²) in [5.41, 5.74) is 1.78. The first-order chi connectivity index (χ1) is 7.00. The van der Waals surface area contributed by atoms with Crippen molar-refractivity contribution in [1.82, 2.24) is 4.90 Å². The molecule has 0 heterocycles. The fourth-order valence-electron chi connectivity index (χ4n) is 1.20. The topological polar surface area (TPSA) is 46.4 Å². The van der Waals surface area contributed by atoms with Crippen LogP contribution >= 0.6 is 0 Å². The molecule has 0 atom stereocenters. The molecule has 4 nitrogen and oxygen atoms in total. The van der Waals surface area contributed by atoms with Gasteiger partial charge in [0, 0.05) is 20.2 Å². The molecule has 1 aromatic carbocycles. The van der Waals surface area contributed by atoms with Crippen LogP contribution in [0.3, 0.4) is 0 Å². The van der Waals surface area contributed by atoms with E-state index in [1.54, 1.807) is 24.4 Å². The monoisotopic (exact) mass is 206 g/mol. The molecule has 80 valence electrons. The Morgan fingerprint density at radius 2 is 2.07 bits per heavy atom. The SMILES string of the molecule is Cc1ccc([N+](=O)[O-])c(/C=C/N(C)C)c1. The molecule has 0 N–H and O–H groups in total. The van der Waals surface area contributed by atoms with Gasteiger partial charge in [-0.05, 0) is 25.3 Å². The predicted molar refractivity (Wildman–Crippen MR) is 60.6 cm³/mol. The van der Waals surface area contributed by atoms with Crippen molar-refractivity contribution in [3.63, 3.8) is 0 Å². The van der Waals surface area contributed by atoms with Crippen molar-refractivity contribution in [2.75, 3.05) is 14.1 Å². The molecule has 0 radical (unpaired) electrons. The third kappa shape index (κ3) is 3.09. The van der Waals surface area contributed by atoms with Gasteiger partial charge in [0.05, 0.1) is 10.5 Å². The molecular weight excluding hydrogens is 192 g/mol. The molecule has 0 saturated heterocycles. The molecule has 0 aliphatic carbocycles. The van der Waals surface area contributed by atoms with Crippen LogP contribution in [-0.2, 0) is 0 Å². The maximum atomic E-state index is 10.7. The van der Waals surface area contributed by atoms with E-state index in [2.05, 4.69) is 0 Å². The van der Waals surface area contributed by atoms with Crippen molar-refractivity contribution < 1.29 is 4.92 Å². The Morgan fingerprint density at radius 1 is 1.40 bits per heavy atom. The second-order valence-electron chi connectivity index (χ2n) is 3.60. The predicted octanol–water partition coefficient (Wildman–Crippen LogP) is 2.44. The van der Waals surface area contributed by atoms with Gasteiger partial charge in [0.1, 0.15) is 0 Å². The number of nitrogens with zero attached hydrogens (tertiary/aromatic N) is 2. The zero-order chi connectivity index (χ0) is 11.4. The Bertz CT molecular complexity index is 398. The molecule has 0 saturated carbocycles. The van der Waals surface area contributed by atoms with Crippen LogP contribution in [0.2, 0.25) is 0 Å². The fourth-order valence-corrected chi connectivity index (χ4v) is 1.20. The van der Waals surface area contributed by atoms with Gasteiger partial charge in [0.25, 0.3) is 5.69 Å². The van der Waals surface area contributed by atoms with Gasteiger partial charge in [-0.1, -0.05) is 11.6 Å². The molecule has 0 fully saturated rings. The highest BCUT2D eigenvalue weighted by Crippen LogP contribution is 2.21. The average Bonchev–Trinajstić information content (AvgIpc) is 2.14. The second kappa shape index (κ2) is 4.59. The summed E-state index contributed by atoms with van der Waals surface area (Å²) < 4.78 is 0. The number of nitro benzene ring substituents is 1. The molecule has 4 heteroatoms. The summed E-state index contributed by atoms with van der Waals surface area (Å²) in [6, 6.07) is 5.08. The van der Waals surface area contributed by atoms with E-state index in [0.29, 0.717) is 5.56 Å². The second-order valence-corrected chi connectivity index (χ2v) is 3.60. The molecule has 15 heavy (non-hydrogen) atoms. The molecule has 0 amide bonds. The lowest BCUT2D eigenvalue weighted by Gasteiger charge is -2.04. The van der Waals surface area contributed by atoms with Crippen LogP contribution in [0.1, 0.15) is 11.1 Å². The van der Waals surface area contributed by atoms with Crippen molar-refractivity contribution in [3.8, 4) is 0 Å². The van der Waals surface area contributed by atoms with E-state index in [1.807, 2.05) is 25.9 Å². The highest BCUT2D eigenvalue weighted by atomic mass is 16.6. The summed E-state index contributed by atoms with van der Waals surface area (Å²) in [5, 5.41) is 10.7. The van der Waals surface area contributed by atoms with Gasteiger partial charge in [-0.3, -0.25) is 10.1 Å². The van der Waals surface area contributed by atoms with Gasteiger partial charge < -0.3 is 4.90 Å². The lowest BCUT2D eigenvalue weighted by atomic mass is 10.1. The highest BCUT2D eigenvalue weighted by Gasteiger charge is 2.10. The molecule has 0 spiro atoms. The number of nitro groups is 1. The Morgan fingerprint density at radius 3 is 2.60 bits per heavy atom. The molecular formula is C11H14N2O2. The lowest BCUT2D eigenvalue weighted by Crippen LogP contribution is -2.00. The van der Waals surface area contributed by atoms with Crippen molar-refractivity contribution in [1.29, 1.82) is 0 Å². The zero-order valence-electron chi connectivity index (χ0n) is 9.10. The Kier molecular flexibility index (Phi) is 3.44. The fraction of sp³-hybridized carbons (Fsp3) is 0.273. The maximum absolute atomic E-state index is 10.7. The largest absolute Gasteiger partial charge is 0.383 e. The van der Waals surface area contributed by atoms with Crippen molar-refractivity contribution in [2.24, 2.45) is 0 Å². The summed E-state index contributed by atoms with van der Waals surface area (Å²) >= 11 is 0. The van der Waals surface area contributed by atoms with Crippen molar-refractivity contribution >= 4 is 11.8 Å². The first-order valence-electron chi connectivity index (χ1n) is 4.60. The summed E-state index contributed by atoms with van der Waals surface area (Å²) in [6.07, 6.45) is 3.53. The highest BCUT2D eigenvalue weighted by molar-refractivity contribution is 5.61. The third-order valence-corrected chi connectivity index (χ3v) is 1.93. The first-order valence-corrected chi connectivity index (χ1v) is 4.60. The minimum atomic E-state index is -0.366. The molecule has 1 aromatic rings. The van der Waals surface area contributed by atoms with Crippen molar-refractivity contribution in [2.45, 2.75) is 6.92 Å². The summed E-state index contributed by atoms with van der Waals surface area (Å²) in [7, 11) is 3.75. The smallest absolute Gasteiger partial charge is 0.276 e. The Balaban J connectivity index is 3.13. The van der Waals surface area contributed by atoms with Crippen LogP contribution < -0.4 is 0 Å². The third-order valence-electron chi connectivity index (χ3n) is 1.93. The standard InChI is InChI=1S/C11H14N2O2/c1-9-4-5-11(13(14)15)10(8-9)6-7-12(2)3/h4-8H,1-3H3/b7-6+. The molecule has 1 rings (SSSR count). The van der Waals surface area contributed by atoms with Crippen LogP contribution in [0.15, 0.2) is 24.4 Å². The van der Waals surface area contributed by atoms with Gasteiger partial charge in [-0.25, -0.2) is 0 Å². The van der Waals surface area contributed by atoms with Crippen LogP contribution in [-0.4, -0.2) is 23.9 Å².